The standard InChI is InChI=1S/C30H30ClFN2O5/c31-25-17-20(6-13-27(25)39-23-11-12-23)28(35)26(18-34-14-1-2-15-34)33-30(37)29(36)19-4-3-5-24(16-19)38-22-9-7-21(32)8-10-22/h3-10,13,16-17,23,26,28,35H,1-2,11-12,14-15,18H2,(H,33,37)/t26-,28-/m1/s1. The van der Waals surface area contributed by atoms with E-state index in [4.69, 9.17) is 21.1 Å². The molecule has 204 valence electrons. The average molecular weight is 553 g/mol. The van der Waals surface area contributed by atoms with Crippen molar-refractivity contribution in [3.8, 4) is 17.2 Å². The Morgan fingerprint density at radius 2 is 1.77 bits per heavy atom. The first-order valence-electron chi connectivity index (χ1n) is 13.1. The molecule has 0 bridgehead atoms. The van der Waals surface area contributed by atoms with Gasteiger partial charge in [-0.3, -0.25) is 9.59 Å². The van der Waals surface area contributed by atoms with Crippen molar-refractivity contribution in [1.82, 2.24) is 10.2 Å². The molecule has 1 amide bonds. The smallest absolute Gasteiger partial charge is 0.292 e. The number of hydrogen-bond acceptors (Lipinski definition) is 6. The fourth-order valence-electron chi connectivity index (χ4n) is 4.57. The van der Waals surface area contributed by atoms with Gasteiger partial charge < -0.3 is 24.8 Å². The molecule has 9 heteroatoms. The van der Waals surface area contributed by atoms with Gasteiger partial charge in [0, 0.05) is 12.1 Å². The number of nitrogens with zero attached hydrogens (tertiary/aromatic N) is 1. The summed E-state index contributed by atoms with van der Waals surface area (Å²) in [4.78, 5) is 28.3. The first kappa shape index (κ1) is 27.1. The maximum absolute atomic E-state index is 13.2. The second-order valence-corrected chi connectivity index (χ2v) is 10.4. The highest BCUT2D eigenvalue weighted by molar-refractivity contribution is 6.42. The minimum absolute atomic E-state index is 0.131. The van der Waals surface area contributed by atoms with Crippen LogP contribution in [-0.4, -0.2) is 53.5 Å². The van der Waals surface area contributed by atoms with Gasteiger partial charge in [-0.25, -0.2) is 4.39 Å². The first-order valence-corrected chi connectivity index (χ1v) is 13.5. The number of nitrogens with one attached hydrogen (secondary N) is 1. The molecule has 7 nitrogen and oxygen atoms in total. The Morgan fingerprint density at radius 3 is 2.46 bits per heavy atom. The van der Waals surface area contributed by atoms with Gasteiger partial charge in [-0.2, -0.15) is 0 Å². The largest absolute Gasteiger partial charge is 0.489 e. The molecular formula is C30H30ClFN2O5. The highest BCUT2D eigenvalue weighted by atomic mass is 35.5. The molecule has 0 radical (unpaired) electrons. The molecule has 3 aromatic rings. The van der Waals surface area contributed by atoms with Crippen LogP contribution in [0.5, 0.6) is 17.2 Å². The number of aliphatic hydroxyl groups is 1. The number of ether oxygens (including phenoxy) is 2. The quantitative estimate of drug-likeness (QED) is 0.248. The van der Waals surface area contributed by atoms with Gasteiger partial charge in [-0.15, -0.1) is 0 Å². The Hall–Kier alpha value is -3.46. The molecule has 1 heterocycles. The lowest BCUT2D eigenvalue weighted by Crippen LogP contribution is -2.48. The molecule has 1 saturated carbocycles. The van der Waals surface area contributed by atoms with E-state index in [1.807, 2.05) is 0 Å². The molecule has 0 aromatic heterocycles. The minimum Gasteiger partial charge on any atom is -0.489 e. The fourth-order valence-corrected chi connectivity index (χ4v) is 4.80. The molecular weight excluding hydrogens is 523 g/mol. The highest BCUT2D eigenvalue weighted by Crippen LogP contribution is 2.34. The molecule has 2 fully saturated rings. The summed E-state index contributed by atoms with van der Waals surface area (Å²) in [5, 5.41) is 14.4. The van der Waals surface area contributed by atoms with Gasteiger partial charge in [0.15, 0.2) is 0 Å². The summed E-state index contributed by atoms with van der Waals surface area (Å²) in [5.74, 6) is -0.698. The molecule has 0 spiro atoms. The topological polar surface area (TPSA) is 88.1 Å². The molecule has 2 N–H and O–H groups in total. The van der Waals surface area contributed by atoms with Crippen molar-refractivity contribution < 1.29 is 28.6 Å². The summed E-state index contributed by atoms with van der Waals surface area (Å²) in [6, 6.07) is 16.0. The van der Waals surface area contributed by atoms with Crippen molar-refractivity contribution in [1.29, 1.82) is 0 Å². The van der Waals surface area contributed by atoms with Gasteiger partial charge in [0.2, 0.25) is 5.78 Å². The van der Waals surface area contributed by atoms with Crippen LogP contribution >= 0.6 is 11.6 Å². The number of carbonyl (C=O) groups is 2. The van der Waals surface area contributed by atoms with E-state index < -0.39 is 29.7 Å². The summed E-state index contributed by atoms with van der Waals surface area (Å²) >= 11 is 6.42. The molecule has 0 unspecified atom stereocenters. The van der Waals surface area contributed by atoms with Gasteiger partial charge in [0.05, 0.1) is 17.2 Å². The summed E-state index contributed by atoms with van der Waals surface area (Å²) in [7, 11) is 0. The van der Waals surface area contributed by atoms with Crippen molar-refractivity contribution in [2.24, 2.45) is 0 Å². The van der Waals surface area contributed by atoms with E-state index in [1.165, 1.54) is 36.4 Å². The molecule has 1 aliphatic heterocycles. The minimum atomic E-state index is -1.09. The summed E-state index contributed by atoms with van der Waals surface area (Å²) < 4.78 is 24.7. The van der Waals surface area contributed by atoms with Crippen LogP contribution in [0.15, 0.2) is 66.7 Å². The molecule has 2 atom stereocenters. The number of aliphatic hydroxyl groups excluding tert-OH is 1. The normalized spacial score (nSPS) is 16.9. The van der Waals surface area contributed by atoms with Crippen molar-refractivity contribution in [2.45, 2.75) is 43.9 Å². The van der Waals surface area contributed by atoms with Gasteiger partial charge in [0.25, 0.3) is 5.91 Å². The van der Waals surface area contributed by atoms with E-state index >= 15 is 0 Å². The van der Waals surface area contributed by atoms with E-state index in [9.17, 15) is 19.1 Å². The fraction of sp³-hybridized carbons (Fsp3) is 0.333. The Labute approximate surface area is 231 Å². The molecule has 1 aliphatic carbocycles. The van der Waals surface area contributed by atoms with E-state index in [0.29, 0.717) is 34.4 Å². The maximum Gasteiger partial charge on any atom is 0.292 e. The van der Waals surface area contributed by atoms with E-state index in [2.05, 4.69) is 10.2 Å². The molecule has 3 aromatic carbocycles. The summed E-state index contributed by atoms with van der Waals surface area (Å²) in [6.45, 7) is 2.08. The number of amides is 1. The number of halogens is 2. The van der Waals surface area contributed by atoms with Crippen LogP contribution < -0.4 is 14.8 Å². The predicted molar refractivity (Wildman–Crippen MR) is 145 cm³/mol. The Kier molecular flexibility index (Phi) is 8.45. The molecule has 39 heavy (non-hydrogen) atoms. The van der Waals surface area contributed by atoms with Crippen molar-refractivity contribution in [2.75, 3.05) is 19.6 Å². The van der Waals surface area contributed by atoms with Gasteiger partial charge in [-0.05, 0) is 92.9 Å². The summed E-state index contributed by atoms with van der Waals surface area (Å²) in [5.41, 5.74) is 0.654. The zero-order chi connectivity index (χ0) is 27.4. The van der Waals surface area contributed by atoms with E-state index in [0.717, 1.165) is 38.8 Å². The third-order valence-electron chi connectivity index (χ3n) is 6.82. The lowest BCUT2D eigenvalue weighted by atomic mass is 10.0. The maximum atomic E-state index is 13.2. The number of hydrogen-bond donors (Lipinski definition) is 2. The Morgan fingerprint density at radius 1 is 1.03 bits per heavy atom. The zero-order valence-corrected chi connectivity index (χ0v) is 22.1. The third kappa shape index (κ3) is 7.15. The van der Waals surface area contributed by atoms with Crippen LogP contribution in [0.2, 0.25) is 5.02 Å². The van der Waals surface area contributed by atoms with Gasteiger partial charge >= 0.3 is 0 Å². The lowest BCUT2D eigenvalue weighted by Gasteiger charge is -2.28. The van der Waals surface area contributed by atoms with Crippen LogP contribution in [0.25, 0.3) is 0 Å². The number of rotatable bonds is 11. The molecule has 1 saturated heterocycles. The van der Waals surface area contributed by atoms with E-state index in [1.54, 1.807) is 30.3 Å². The van der Waals surface area contributed by atoms with Crippen LogP contribution in [0.1, 0.15) is 47.7 Å². The van der Waals surface area contributed by atoms with Gasteiger partial charge in [-0.1, -0.05) is 29.8 Å². The monoisotopic (exact) mass is 552 g/mol. The third-order valence-corrected chi connectivity index (χ3v) is 7.11. The van der Waals surface area contributed by atoms with Crippen molar-refractivity contribution in [3.63, 3.8) is 0 Å². The van der Waals surface area contributed by atoms with E-state index in [-0.39, 0.29) is 11.7 Å². The Bertz CT molecular complexity index is 1330. The van der Waals surface area contributed by atoms with Crippen LogP contribution in [-0.2, 0) is 4.79 Å². The number of benzene rings is 3. The van der Waals surface area contributed by atoms with Gasteiger partial charge in [0.1, 0.15) is 29.2 Å². The lowest BCUT2D eigenvalue weighted by molar-refractivity contribution is -0.118. The Balaban J connectivity index is 1.29. The zero-order valence-electron chi connectivity index (χ0n) is 21.3. The average Bonchev–Trinajstić information content (AvgIpc) is 3.61. The first-order chi connectivity index (χ1) is 18.9. The highest BCUT2D eigenvalue weighted by Gasteiger charge is 2.30. The van der Waals surface area contributed by atoms with Crippen LogP contribution in [0, 0.1) is 5.82 Å². The van der Waals surface area contributed by atoms with Crippen LogP contribution in [0.3, 0.4) is 0 Å². The number of ketones is 1. The van der Waals surface area contributed by atoms with Crippen molar-refractivity contribution >= 4 is 23.3 Å². The van der Waals surface area contributed by atoms with Crippen LogP contribution in [0.4, 0.5) is 4.39 Å². The molecule has 2 aliphatic rings. The summed E-state index contributed by atoms with van der Waals surface area (Å²) in [6.07, 6.45) is 3.17. The second-order valence-electron chi connectivity index (χ2n) is 9.95. The number of carbonyl (C=O) groups excluding carboxylic acids is 2. The van der Waals surface area contributed by atoms with Crippen molar-refractivity contribution in [3.05, 3.63) is 88.7 Å². The second kappa shape index (κ2) is 12.2. The molecule has 5 rings (SSSR count). The number of Topliss-reactive ketones (excluding diaryl/α,β-unsaturated/α-hetero) is 1. The SMILES string of the molecule is O=C(N[C@H](CN1CCCC1)[C@H](O)c1ccc(OC2CC2)c(Cl)c1)C(=O)c1cccc(Oc2ccc(F)cc2)c1. The predicted octanol–water partition coefficient (Wildman–Crippen LogP) is 5.31. The number of likely N-dealkylation sites (tertiary alicyclic amines) is 1.